The summed E-state index contributed by atoms with van der Waals surface area (Å²) in [6.45, 7) is 0. The Balaban J connectivity index is 1.67. The maximum Gasteiger partial charge on any atom is 0.0314 e. The summed E-state index contributed by atoms with van der Waals surface area (Å²) in [4.78, 5) is 0. The molecule has 4 N–H and O–H groups in total. The second-order valence-corrected chi connectivity index (χ2v) is 5.65. The van der Waals surface area contributed by atoms with Gasteiger partial charge in [0.15, 0.2) is 0 Å². The topological polar surface area (TPSA) is 52.0 Å². The number of hydrogen-bond donors (Lipinski definition) is 2. The van der Waals surface area contributed by atoms with Crippen molar-refractivity contribution in [3.05, 3.63) is 95.1 Å². The van der Waals surface area contributed by atoms with E-state index in [0.29, 0.717) is 0 Å². The van der Waals surface area contributed by atoms with Crippen LogP contribution in [-0.2, 0) is 12.8 Å². The van der Waals surface area contributed by atoms with E-state index in [-0.39, 0.29) is 0 Å². The van der Waals surface area contributed by atoms with Crippen LogP contribution in [0.15, 0.2) is 72.8 Å². The average Bonchev–Trinajstić information content (AvgIpc) is 2.54. The Bertz CT molecular complexity index is 660. The normalized spacial score (nSPS) is 10.5. The fraction of sp³-hybridized carbons (Fsp3) is 0.100. The SMILES string of the molecule is Nc1ccc(Cc2ccc(Cc3ccc(N)cc3)cc2)cc1. The zero-order chi connectivity index (χ0) is 15.4. The van der Waals surface area contributed by atoms with Crippen LogP contribution in [0.3, 0.4) is 0 Å². The lowest BCUT2D eigenvalue weighted by molar-refractivity contribution is 1.15. The molecule has 0 bridgehead atoms. The quantitative estimate of drug-likeness (QED) is 0.712. The van der Waals surface area contributed by atoms with Gasteiger partial charge in [-0.2, -0.15) is 0 Å². The first-order valence-corrected chi connectivity index (χ1v) is 7.46. The lowest BCUT2D eigenvalue weighted by atomic mass is 10.00. The van der Waals surface area contributed by atoms with E-state index in [2.05, 4.69) is 48.5 Å². The van der Waals surface area contributed by atoms with Crippen LogP contribution in [0.2, 0.25) is 0 Å². The number of nitrogen functional groups attached to an aromatic ring is 2. The van der Waals surface area contributed by atoms with Crippen molar-refractivity contribution in [3.8, 4) is 0 Å². The van der Waals surface area contributed by atoms with Gasteiger partial charge in [-0.25, -0.2) is 0 Å². The highest BCUT2D eigenvalue weighted by Gasteiger charge is 1.99. The zero-order valence-electron chi connectivity index (χ0n) is 12.5. The van der Waals surface area contributed by atoms with Gasteiger partial charge in [0.25, 0.3) is 0 Å². The Hall–Kier alpha value is -2.74. The predicted molar refractivity (Wildman–Crippen MR) is 93.8 cm³/mol. The highest BCUT2D eigenvalue weighted by molar-refractivity contribution is 5.42. The minimum Gasteiger partial charge on any atom is -0.399 e. The van der Waals surface area contributed by atoms with Crippen molar-refractivity contribution in [3.63, 3.8) is 0 Å². The standard InChI is InChI=1S/C20H20N2/c21-19-9-5-17(6-10-19)13-15-1-2-16(4-3-15)14-18-7-11-20(22)12-8-18/h1-12H,13-14,21-22H2. The molecule has 0 atom stereocenters. The van der Waals surface area contributed by atoms with Crippen molar-refractivity contribution in [1.82, 2.24) is 0 Å². The highest BCUT2D eigenvalue weighted by atomic mass is 14.5. The van der Waals surface area contributed by atoms with Gasteiger partial charge in [-0.15, -0.1) is 0 Å². The molecule has 0 fully saturated rings. The molecule has 0 radical (unpaired) electrons. The molecule has 0 amide bonds. The van der Waals surface area contributed by atoms with Crippen molar-refractivity contribution in [2.75, 3.05) is 11.5 Å². The summed E-state index contributed by atoms with van der Waals surface area (Å²) in [5.41, 5.74) is 18.2. The van der Waals surface area contributed by atoms with Crippen LogP contribution >= 0.6 is 0 Å². The largest absolute Gasteiger partial charge is 0.399 e. The Morgan fingerprint density at radius 3 is 0.909 bits per heavy atom. The Labute approximate surface area is 131 Å². The highest BCUT2D eigenvalue weighted by Crippen LogP contribution is 2.15. The monoisotopic (exact) mass is 288 g/mol. The molecule has 3 rings (SSSR count). The van der Waals surface area contributed by atoms with Crippen molar-refractivity contribution in [2.24, 2.45) is 0 Å². The number of nitrogens with two attached hydrogens (primary N) is 2. The summed E-state index contributed by atoms with van der Waals surface area (Å²) in [5, 5.41) is 0. The first kappa shape index (κ1) is 14.2. The second-order valence-electron chi connectivity index (χ2n) is 5.65. The third-order valence-electron chi connectivity index (χ3n) is 3.80. The fourth-order valence-electron chi connectivity index (χ4n) is 2.52. The summed E-state index contributed by atoms with van der Waals surface area (Å²) >= 11 is 0. The molecule has 0 heterocycles. The van der Waals surface area contributed by atoms with E-state index in [1.807, 2.05) is 24.3 Å². The van der Waals surface area contributed by atoms with E-state index in [1.165, 1.54) is 22.3 Å². The predicted octanol–water partition coefficient (Wildman–Crippen LogP) is 4.03. The van der Waals surface area contributed by atoms with Crippen molar-refractivity contribution < 1.29 is 0 Å². The van der Waals surface area contributed by atoms with Gasteiger partial charge in [0, 0.05) is 11.4 Å². The Morgan fingerprint density at radius 2 is 0.636 bits per heavy atom. The van der Waals surface area contributed by atoms with Gasteiger partial charge in [-0.3, -0.25) is 0 Å². The Morgan fingerprint density at radius 1 is 0.409 bits per heavy atom. The molecule has 0 spiro atoms. The second kappa shape index (κ2) is 6.35. The van der Waals surface area contributed by atoms with Crippen LogP contribution in [-0.4, -0.2) is 0 Å². The molecule has 0 aliphatic heterocycles. The van der Waals surface area contributed by atoms with E-state index in [1.54, 1.807) is 0 Å². The molecule has 2 heteroatoms. The van der Waals surface area contributed by atoms with Crippen LogP contribution in [0.25, 0.3) is 0 Å². The summed E-state index contributed by atoms with van der Waals surface area (Å²) in [6.07, 6.45) is 1.87. The van der Waals surface area contributed by atoms with Crippen LogP contribution in [0.4, 0.5) is 11.4 Å². The molecule has 2 nitrogen and oxygen atoms in total. The molecule has 3 aromatic rings. The number of rotatable bonds is 4. The average molecular weight is 288 g/mol. The lowest BCUT2D eigenvalue weighted by Gasteiger charge is -2.06. The third kappa shape index (κ3) is 3.67. The van der Waals surface area contributed by atoms with Gasteiger partial charge in [0.2, 0.25) is 0 Å². The maximum atomic E-state index is 5.71. The number of hydrogen-bond acceptors (Lipinski definition) is 2. The summed E-state index contributed by atoms with van der Waals surface area (Å²) in [7, 11) is 0. The van der Waals surface area contributed by atoms with Crippen LogP contribution < -0.4 is 11.5 Å². The van der Waals surface area contributed by atoms with Gasteiger partial charge in [-0.1, -0.05) is 48.5 Å². The molecule has 0 saturated heterocycles. The van der Waals surface area contributed by atoms with Crippen LogP contribution in [0.1, 0.15) is 22.3 Å². The molecule has 22 heavy (non-hydrogen) atoms. The van der Waals surface area contributed by atoms with Crippen molar-refractivity contribution in [1.29, 1.82) is 0 Å². The van der Waals surface area contributed by atoms with E-state index < -0.39 is 0 Å². The molecule has 0 aliphatic rings. The first-order chi connectivity index (χ1) is 10.7. The van der Waals surface area contributed by atoms with Gasteiger partial charge in [0.05, 0.1) is 0 Å². The van der Waals surface area contributed by atoms with E-state index >= 15 is 0 Å². The number of benzene rings is 3. The Kier molecular flexibility index (Phi) is 4.10. The van der Waals surface area contributed by atoms with Crippen LogP contribution in [0.5, 0.6) is 0 Å². The molecule has 0 saturated carbocycles. The minimum absolute atomic E-state index is 0.808. The molecular weight excluding hydrogens is 268 g/mol. The molecular formula is C20H20N2. The van der Waals surface area contributed by atoms with Gasteiger partial charge < -0.3 is 11.5 Å². The lowest BCUT2D eigenvalue weighted by Crippen LogP contribution is -1.92. The van der Waals surface area contributed by atoms with E-state index in [0.717, 1.165) is 24.2 Å². The smallest absolute Gasteiger partial charge is 0.0314 e. The summed E-state index contributed by atoms with van der Waals surface area (Å²) in [5.74, 6) is 0. The minimum atomic E-state index is 0.808. The van der Waals surface area contributed by atoms with Gasteiger partial charge in [-0.05, 0) is 59.4 Å². The number of anilines is 2. The molecule has 3 aromatic carbocycles. The van der Waals surface area contributed by atoms with Gasteiger partial charge in [0.1, 0.15) is 0 Å². The van der Waals surface area contributed by atoms with Crippen molar-refractivity contribution in [2.45, 2.75) is 12.8 Å². The van der Waals surface area contributed by atoms with E-state index in [4.69, 9.17) is 11.5 Å². The first-order valence-electron chi connectivity index (χ1n) is 7.46. The van der Waals surface area contributed by atoms with Crippen molar-refractivity contribution >= 4 is 11.4 Å². The summed E-state index contributed by atoms with van der Waals surface area (Å²) < 4.78 is 0. The molecule has 0 aliphatic carbocycles. The fourth-order valence-corrected chi connectivity index (χ4v) is 2.52. The maximum absolute atomic E-state index is 5.71. The van der Waals surface area contributed by atoms with Gasteiger partial charge >= 0.3 is 0 Å². The van der Waals surface area contributed by atoms with Crippen LogP contribution in [0, 0.1) is 0 Å². The molecule has 110 valence electrons. The third-order valence-corrected chi connectivity index (χ3v) is 3.80. The molecule has 0 aromatic heterocycles. The zero-order valence-corrected chi connectivity index (χ0v) is 12.5. The summed E-state index contributed by atoms with van der Waals surface area (Å²) in [6, 6.07) is 24.9. The molecule has 0 unspecified atom stereocenters. The van der Waals surface area contributed by atoms with E-state index in [9.17, 15) is 0 Å².